The van der Waals surface area contributed by atoms with Crippen molar-refractivity contribution in [1.82, 2.24) is 0 Å². The van der Waals surface area contributed by atoms with Gasteiger partial charge >= 0.3 is 0 Å². The van der Waals surface area contributed by atoms with E-state index >= 15 is 0 Å². The number of aliphatic hydroxyl groups is 1. The van der Waals surface area contributed by atoms with Crippen molar-refractivity contribution in [3.05, 3.63) is 0 Å². The summed E-state index contributed by atoms with van der Waals surface area (Å²) in [5.74, 6) is 0.812. The Morgan fingerprint density at radius 2 is 1.62 bits per heavy atom. The molecule has 0 fully saturated rings. The monoisotopic (exact) mass is 186 g/mol. The summed E-state index contributed by atoms with van der Waals surface area (Å²) in [5.41, 5.74) is 0. The molecule has 0 heterocycles. The zero-order valence-electron chi connectivity index (χ0n) is 9.37. The quantitative estimate of drug-likeness (QED) is 0.715. The summed E-state index contributed by atoms with van der Waals surface area (Å²) in [6.07, 6.45) is -0.174. The first-order valence-corrected chi connectivity index (χ1v) is 5.07. The molecular weight excluding hydrogens is 164 g/mol. The summed E-state index contributed by atoms with van der Waals surface area (Å²) >= 11 is 0. The molecule has 0 aliphatic carbocycles. The molecule has 0 saturated carbocycles. The first-order valence-electron chi connectivity index (χ1n) is 5.07. The van der Waals surface area contributed by atoms with Crippen LogP contribution in [0.4, 0.5) is 0 Å². The number of hydrogen-bond donors (Lipinski definition) is 1. The molecule has 2 heteroatoms. The van der Waals surface area contributed by atoms with Gasteiger partial charge < -0.3 is 5.11 Å². The van der Waals surface area contributed by atoms with E-state index < -0.39 is 6.10 Å². The fraction of sp³-hybridized carbons (Fsp3) is 0.909. The normalized spacial score (nSPS) is 16.3. The van der Waals surface area contributed by atoms with Crippen LogP contribution in [0.5, 0.6) is 0 Å². The van der Waals surface area contributed by atoms with Crippen molar-refractivity contribution in [1.29, 1.82) is 0 Å². The molecule has 0 rings (SSSR count). The van der Waals surface area contributed by atoms with Crippen LogP contribution in [-0.2, 0) is 4.79 Å². The van der Waals surface area contributed by atoms with Crippen molar-refractivity contribution >= 4 is 5.78 Å². The standard InChI is InChI=1S/C11H22O2/c1-7(2)9(5)11(13)6-10(12)8(3)4/h7-9,11,13H,6H2,1-5H3. The molecule has 0 saturated heterocycles. The number of aliphatic hydroxyl groups excluding tert-OH is 1. The minimum atomic E-state index is -0.477. The Bertz CT molecular complexity index is 161. The maximum atomic E-state index is 11.3. The fourth-order valence-electron chi connectivity index (χ4n) is 1.07. The van der Waals surface area contributed by atoms with Gasteiger partial charge in [-0.1, -0.05) is 34.6 Å². The van der Waals surface area contributed by atoms with Gasteiger partial charge in [-0.3, -0.25) is 4.79 Å². The minimum Gasteiger partial charge on any atom is -0.392 e. The Kier molecular flexibility index (Phi) is 5.23. The SMILES string of the molecule is CC(C)C(=O)CC(O)C(C)C(C)C. The Hall–Kier alpha value is -0.370. The minimum absolute atomic E-state index is 0.0361. The van der Waals surface area contributed by atoms with E-state index in [1.165, 1.54) is 0 Å². The lowest BCUT2D eigenvalue weighted by atomic mass is 9.88. The van der Waals surface area contributed by atoms with E-state index in [2.05, 4.69) is 13.8 Å². The molecule has 2 nitrogen and oxygen atoms in total. The van der Waals surface area contributed by atoms with Crippen LogP contribution in [0.25, 0.3) is 0 Å². The van der Waals surface area contributed by atoms with Crippen LogP contribution in [0.1, 0.15) is 41.0 Å². The molecule has 78 valence electrons. The summed E-state index contributed by atoms with van der Waals surface area (Å²) < 4.78 is 0. The van der Waals surface area contributed by atoms with Crippen LogP contribution in [-0.4, -0.2) is 17.0 Å². The average Bonchev–Trinajstić information content (AvgIpc) is 2.02. The zero-order chi connectivity index (χ0) is 10.6. The number of Topliss-reactive ketones (excluding diaryl/α,β-unsaturated/α-hetero) is 1. The number of rotatable bonds is 5. The summed E-state index contributed by atoms with van der Waals surface area (Å²) in [4.78, 5) is 11.3. The third-order valence-corrected chi connectivity index (χ3v) is 2.71. The van der Waals surface area contributed by atoms with Crippen molar-refractivity contribution in [2.24, 2.45) is 17.8 Å². The first-order chi connectivity index (χ1) is 5.86. The summed E-state index contributed by atoms with van der Waals surface area (Å²) in [6, 6.07) is 0. The van der Waals surface area contributed by atoms with Crippen molar-refractivity contribution in [2.45, 2.75) is 47.1 Å². The molecule has 0 aliphatic heterocycles. The van der Waals surface area contributed by atoms with Crippen molar-refractivity contribution in [3.8, 4) is 0 Å². The summed E-state index contributed by atoms with van der Waals surface area (Å²) in [7, 11) is 0. The van der Waals surface area contributed by atoms with Gasteiger partial charge in [0.05, 0.1) is 6.10 Å². The van der Waals surface area contributed by atoms with Gasteiger partial charge in [0.2, 0.25) is 0 Å². The largest absolute Gasteiger partial charge is 0.392 e. The second-order valence-corrected chi connectivity index (χ2v) is 4.50. The topological polar surface area (TPSA) is 37.3 Å². The van der Waals surface area contributed by atoms with E-state index in [0.717, 1.165) is 0 Å². The summed E-state index contributed by atoms with van der Waals surface area (Å²) in [5, 5.41) is 9.69. The van der Waals surface area contributed by atoms with E-state index in [1.807, 2.05) is 20.8 Å². The highest BCUT2D eigenvalue weighted by Crippen LogP contribution is 2.18. The molecule has 0 bridgehead atoms. The lowest BCUT2D eigenvalue weighted by molar-refractivity contribution is -0.124. The highest BCUT2D eigenvalue weighted by molar-refractivity contribution is 5.80. The van der Waals surface area contributed by atoms with E-state index in [9.17, 15) is 9.90 Å². The Morgan fingerprint density at radius 1 is 1.15 bits per heavy atom. The third kappa shape index (κ3) is 4.41. The van der Waals surface area contributed by atoms with Crippen molar-refractivity contribution in [3.63, 3.8) is 0 Å². The van der Waals surface area contributed by atoms with Gasteiger partial charge in [0.15, 0.2) is 0 Å². The predicted octanol–water partition coefficient (Wildman–Crippen LogP) is 2.25. The Balaban J connectivity index is 4.00. The number of ketones is 1. The molecule has 1 N–H and O–H groups in total. The molecule has 0 aliphatic rings. The molecule has 2 unspecified atom stereocenters. The highest BCUT2D eigenvalue weighted by atomic mass is 16.3. The van der Waals surface area contributed by atoms with Gasteiger partial charge in [0.25, 0.3) is 0 Å². The number of carbonyl (C=O) groups excluding carboxylic acids is 1. The smallest absolute Gasteiger partial charge is 0.138 e. The van der Waals surface area contributed by atoms with Crippen LogP contribution < -0.4 is 0 Å². The van der Waals surface area contributed by atoms with Crippen molar-refractivity contribution < 1.29 is 9.90 Å². The van der Waals surface area contributed by atoms with E-state index in [4.69, 9.17) is 0 Å². The van der Waals surface area contributed by atoms with Crippen LogP contribution in [0.2, 0.25) is 0 Å². The third-order valence-electron chi connectivity index (χ3n) is 2.71. The summed E-state index contributed by atoms with van der Waals surface area (Å²) in [6.45, 7) is 9.86. The first kappa shape index (κ1) is 12.6. The Labute approximate surface area is 81.3 Å². The maximum absolute atomic E-state index is 11.3. The van der Waals surface area contributed by atoms with Gasteiger partial charge in [0, 0.05) is 12.3 Å². The lowest BCUT2D eigenvalue weighted by Crippen LogP contribution is -2.26. The predicted molar refractivity (Wildman–Crippen MR) is 54.5 cm³/mol. The second kappa shape index (κ2) is 5.38. The van der Waals surface area contributed by atoms with Crippen LogP contribution in [0, 0.1) is 17.8 Å². The van der Waals surface area contributed by atoms with Crippen molar-refractivity contribution in [2.75, 3.05) is 0 Å². The molecule has 2 atom stereocenters. The van der Waals surface area contributed by atoms with E-state index in [-0.39, 0.29) is 17.6 Å². The van der Waals surface area contributed by atoms with Gasteiger partial charge in [0.1, 0.15) is 5.78 Å². The van der Waals surface area contributed by atoms with Crippen LogP contribution in [0.15, 0.2) is 0 Å². The molecule has 0 amide bonds. The van der Waals surface area contributed by atoms with Gasteiger partial charge in [-0.2, -0.15) is 0 Å². The van der Waals surface area contributed by atoms with Gasteiger partial charge in [-0.25, -0.2) is 0 Å². The lowest BCUT2D eigenvalue weighted by Gasteiger charge is -2.22. The molecule has 13 heavy (non-hydrogen) atoms. The maximum Gasteiger partial charge on any atom is 0.138 e. The number of hydrogen-bond acceptors (Lipinski definition) is 2. The zero-order valence-corrected chi connectivity index (χ0v) is 9.37. The van der Waals surface area contributed by atoms with E-state index in [0.29, 0.717) is 12.3 Å². The second-order valence-electron chi connectivity index (χ2n) is 4.50. The van der Waals surface area contributed by atoms with E-state index in [1.54, 1.807) is 0 Å². The molecule has 0 radical (unpaired) electrons. The molecular formula is C11H22O2. The molecule has 0 aromatic heterocycles. The highest BCUT2D eigenvalue weighted by Gasteiger charge is 2.21. The average molecular weight is 186 g/mol. The van der Waals surface area contributed by atoms with Crippen LogP contribution in [0.3, 0.4) is 0 Å². The Morgan fingerprint density at radius 3 is 1.92 bits per heavy atom. The van der Waals surface area contributed by atoms with Gasteiger partial charge in [-0.15, -0.1) is 0 Å². The number of carbonyl (C=O) groups is 1. The fourth-order valence-corrected chi connectivity index (χ4v) is 1.07. The molecule has 0 aromatic rings. The van der Waals surface area contributed by atoms with Gasteiger partial charge in [-0.05, 0) is 11.8 Å². The molecule has 0 aromatic carbocycles. The van der Waals surface area contributed by atoms with Crippen LogP contribution >= 0.6 is 0 Å². The molecule has 0 spiro atoms.